The van der Waals surface area contributed by atoms with E-state index < -0.39 is 0 Å². The maximum atomic E-state index is 5.00. The van der Waals surface area contributed by atoms with Crippen molar-refractivity contribution in [3.05, 3.63) is 29.8 Å². The number of rotatable bonds is 6. The molecule has 1 atom stereocenters. The maximum absolute atomic E-state index is 5.00. The molecule has 0 amide bonds. The molecule has 160 valence electrons. The van der Waals surface area contributed by atoms with Crippen molar-refractivity contribution in [3.8, 4) is 0 Å². The number of anilines is 1. The summed E-state index contributed by atoms with van der Waals surface area (Å²) in [7, 11) is 2.15. The number of benzene rings is 1. The van der Waals surface area contributed by atoms with Crippen LogP contribution in [0.3, 0.4) is 0 Å². The van der Waals surface area contributed by atoms with Crippen molar-refractivity contribution < 1.29 is 0 Å². The number of nitrogens with one attached hydrogen (secondary N) is 1. The summed E-state index contributed by atoms with van der Waals surface area (Å²) in [6, 6.07) is 9.72. The van der Waals surface area contributed by atoms with Crippen LogP contribution in [0.15, 0.2) is 29.3 Å². The highest BCUT2D eigenvalue weighted by Gasteiger charge is 2.31. The van der Waals surface area contributed by atoms with E-state index in [-0.39, 0.29) is 0 Å². The molecule has 0 aromatic heterocycles. The molecule has 0 saturated carbocycles. The molecule has 4 aliphatic heterocycles. The summed E-state index contributed by atoms with van der Waals surface area (Å²) in [5.74, 6) is 1.02. The van der Waals surface area contributed by atoms with Gasteiger partial charge in [0, 0.05) is 77.7 Å². The molecule has 1 aromatic rings. The molecular weight excluding hydrogens is 360 g/mol. The highest BCUT2D eigenvalue weighted by atomic mass is 15.4. The molecule has 4 heterocycles. The van der Waals surface area contributed by atoms with E-state index in [9.17, 15) is 0 Å². The lowest BCUT2D eigenvalue weighted by Gasteiger charge is -2.47. The SMILES string of the molecule is CCNC(=NCC1CN2CCN1CC2)N(C)Cc1ccc(N2CCCCC2)cc1. The van der Waals surface area contributed by atoms with Gasteiger partial charge < -0.3 is 15.1 Å². The summed E-state index contributed by atoms with van der Waals surface area (Å²) >= 11 is 0. The number of nitrogens with zero attached hydrogens (tertiary/aromatic N) is 5. The summed E-state index contributed by atoms with van der Waals surface area (Å²) in [5, 5.41) is 3.48. The van der Waals surface area contributed by atoms with Crippen LogP contribution in [0, 0.1) is 0 Å². The average molecular weight is 399 g/mol. The van der Waals surface area contributed by atoms with Crippen molar-refractivity contribution in [1.82, 2.24) is 20.0 Å². The van der Waals surface area contributed by atoms with Gasteiger partial charge in [-0.05, 0) is 43.9 Å². The molecule has 6 heteroatoms. The number of aliphatic imine (C=N–C) groups is 1. The number of hydrogen-bond donors (Lipinski definition) is 1. The average Bonchev–Trinajstić information content (AvgIpc) is 2.78. The van der Waals surface area contributed by atoms with Crippen LogP contribution in [0.25, 0.3) is 0 Å². The van der Waals surface area contributed by atoms with Crippen molar-refractivity contribution in [2.24, 2.45) is 4.99 Å². The van der Waals surface area contributed by atoms with Crippen LogP contribution in [-0.4, -0.2) is 92.7 Å². The molecule has 1 unspecified atom stereocenters. The normalized spacial score (nSPS) is 27.2. The van der Waals surface area contributed by atoms with E-state index in [0.717, 1.165) is 25.6 Å². The minimum absolute atomic E-state index is 0.573. The molecule has 6 nitrogen and oxygen atoms in total. The zero-order chi connectivity index (χ0) is 20.1. The van der Waals surface area contributed by atoms with Gasteiger partial charge in [-0.1, -0.05) is 12.1 Å². The molecule has 0 spiro atoms. The Hall–Kier alpha value is -1.79. The van der Waals surface area contributed by atoms with Crippen LogP contribution < -0.4 is 10.2 Å². The quantitative estimate of drug-likeness (QED) is 0.587. The van der Waals surface area contributed by atoms with Gasteiger partial charge in [0.15, 0.2) is 5.96 Å². The molecule has 0 aliphatic carbocycles. The third kappa shape index (κ3) is 5.23. The Kier molecular flexibility index (Phi) is 6.93. The lowest BCUT2D eigenvalue weighted by molar-refractivity contribution is 0.0173. The van der Waals surface area contributed by atoms with Crippen molar-refractivity contribution in [3.63, 3.8) is 0 Å². The van der Waals surface area contributed by atoms with Gasteiger partial charge in [-0.15, -0.1) is 0 Å². The molecule has 1 aromatic carbocycles. The number of piperazine rings is 3. The van der Waals surface area contributed by atoms with Gasteiger partial charge in [-0.2, -0.15) is 0 Å². The Morgan fingerprint density at radius 2 is 1.76 bits per heavy atom. The topological polar surface area (TPSA) is 37.4 Å². The van der Waals surface area contributed by atoms with Gasteiger partial charge in [-0.25, -0.2) is 0 Å². The van der Waals surface area contributed by atoms with Gasteiger partial charge >= 0.3 is 0 Å². The van der Waals surface area contributed by atoms with E-state index in [1.165, 1.54) is 76.3 Å². The van der Waals surface area contributed by atoms with Gasteiger partial charge in [0.25, 0.3) is 0 Å². The zero-order valence-electron chi connectivity index (χ0n) is 18.3. The molecule has 2 bridgehead atoms. The summed E-state index contributed by atoms with van der Waals surface area (Å²) in [4.78, 5) is 15.0. The molecule has 4 saturated heterocycles. The lowest BCUT2D eigenvalue weighted by atomic mass is 10.1. The Bertz CT molecular complexity index is 658. The molecule has 4 fully saturated rings. The van der Waals surface area contributed by atoms with Crippen molar-refractivity contribution in [2.45, 2.75) is 38.8 Å². The second kappa shape index (κ2) is 9.81. The highest BCUT2D eigenvalue weighted by molar-refractivity contribution is 5.79. The fraction of sp³-hybridized carbons (Fsp3) is 0.696. The fourth-order valence-corrected chi connectivity index (χ4v) is 4.87. The van der Waals surface area contributed by atoms with Crippen LogP contribution in [0.1, 0.15) is 31.7 Å². The van der Waals surface area contributed by atoms with Gasteiger partial charge in [0.05, 0.1) is 6.54 Å². The van der Waals surface area contributed by atoms with Crippen molar-refractivity contribution in [1.29, 1.82) is 0 Å². The lowest BCUT2D eigenvalue weighted by Crippen LogP contribution is -2.62. The standard InChI is InChI=1S/C23H38N6/c1-3-24-23(25-17-22-19-27-13-15-29(22)16-14-27)26(2)18-20-7-9-21(10-8-20)28-11-5-4-6-12-28/h7-10,22H,3-6,11-19H2,1-2H3,(H,24,25). The Labute approximate surface area is 176 Å². The van der Waals surface area contributed by atoms with Gasteiger partial charge in [0.1, 0.15) is 0 Å². The Balaban J connectivity index is 1.34. The van der Waals surface area contributed by atoms with Crippen LogP contribution in [0.2, 0.25) is 0 Å². The van der Waals surface area contributed by atoms with Crippen molar-refractivity contribution >= 4 is 11.6 Å². The predicted molar refractivity (Wildman–Crippen MR) is 122 cm³/mol. The highest BCUT2D eigenvalue weighted by Crippen LogP contribution is 2.21. The third-order valence-corrected chi connectivity index (χ3v) is 6.62. The van der Waals surface area contributed by atoms with Crippen LogP contribution in [-0.2, 0) is 6.54 Å². The van der Waals surface area contributed by atoms with E-state index in [2.05, 4.69) is 63.2 Å². The first-order valence-electron chi connectivity index (χ1n) is 11.5. The van der Waals surface area contributed by atoms with Gasteiger partial charge in [0.2, 0.25) is 0 Å². The summed E-state index contributed by atoms with van der Waals surface area (Å²) in [6.45, 7) is 13.3. The molecule has 5 rings (SSSR count). The first-order valence-corrected chi connectivity index (χ1v) is 11.5. The second-order valence-corrected chi connectivity index (χ2v) is 8.76. The minimum atomic E-state index is 0.573. The van der Waals surface area contributed by atoms with Crippen LogP contribution in [0.4, 0.5) is 5.69 Å². The smallest absolute Gasteiger partial charge is 0.194 e. The first-order chi connectivity index (χ1) is 14.2. The third-order valence-electron chi connectivity index (χ3n) is 6.62. The predicted octanol–water partition coefficient (Wildman–Crippen LogP) is 2.07. The van der Waals surface area contributed by atoms with E-state index in [1.807, 2.05) is 0 Å². The minimum Gasteiger partial charge on any atom is -0.372 e. The van der Waals surface area contributed by atoms with E-state index in [1.54, 1.807) is 0 Å². The first kappa shape index (κ1) is 20.5. The van der Waals surface area contributed by atoms with E-state index >= 15 is 0 Å². The fourth-order valence-electron chi connectivity index (χ4n) is 4.87. The molecule has 29 heavy (non-hydrogen) atoms. The maximum Gasteiger partial charge on any atom is 0.194 e. The Morgan fingerprint density at radius 1 is 1.03 bits per heavy atom. The molecule has 4 aliphatic rings. The van der Waals surface area contributed by atoms with Crippen LogP contribution in [0.5, 0.6) is 0 Å². The number of fused-ring (bicyclic) bond motifs is 3. The van der Waals surface area contributed by atoms with Crippen LogP contribution >= 0.6 is 0 Å². The van der Waals surface area contributed by atoms with Crippen molar-refractivity contribution in [2.75, 3.05) is 70.9 Å². The van der Waals surface area contributed by atoms with Gasteiger partial charge in [-0.3, -0.25) is 14.8 Å². The zero-order valence-corrected chi connectivity index (χ0v) is 18.3. The number of hydrogen-bond acceptors (Lipinski definition) is 4. The monoisotopic (exact) mass is 398 g/mol. The second-order valence-electron chi connectivity index (χ2n) is 8.76. The molecule has 1 N–H and O–H groups in total. The Morgan fingerprint density at radius 3 is 2.38 bits per heavy atom. The number of piperidine rings is 1. The summed E-state index contributed by atoms with van der Waals surface area (Å²) < 4.78 is 0. The van der Waals surface area contributed by atoms with E-state index in [0.29, 0.717) is 6.04 Å². The summed E-state index contributed by atoms with van der Waals surface area (Å²) in [5.41, 5.74) is 2.71. The number of guanidine groups is 1. The molecular formula is C23H38N6. The largest absolute Gasteiger partial charge is 0.372 e. The molecule has 0 radical (unpaired) electrons. The summed E-state index contributed by atoms with van der Waals surface area (Å²) in [6.07, 6.45) is 4.02. The van der Waals surface area contributed by atoms with E-state index in [4.69, 9.17) is 4.99 Å².